The summed E-state index contributed by atoms with van der Waals surface area (Å²) < 4.78 is 27.0. The van der Waals surface area contributed by atoms with Crippen molar-refractivity contribution in [2.45, 2.75) is 18.7 Å². The van der Waals surface area contributed by atoms with Gasteiger partial charge in [-0.25, -0.2) is 8.42 Å². The highest BCUT2D eigenvalue weighted by Gasteiger charge is 2.22. The summed E-state index contributed by atoms with van der Waals surface area (Å²) in [5, 5.41) is 6.65. The maximum absolute atomic E-state index is 12.3. The van der Waals surface area contributed by atoms with E-state index in [4.69, 9.17) is 28.9 Å². The van der Waals surface area contributed by atoms with Gasteiger partial charge in [0.15, 0.2) is 5.82 Å². The molecule has 4 N–H and O–H groups in total. The van der Waals surface area contributed by atoms with Gasteiger partial charge in [-0.05, 0) is 26.0 Å². The molecular weight excluding hydrogens is 323 g/mol. The van der Waals surface area contributed by atoms with Crippen LogP contribution in [0.1, 0.15) is 11.3 Å². The number of aromatic nitrogens is 2. The van der Waals surface area contributed by atoms with E-state index in [1.807, 2.05) is 0 Å². The monoisotopic (exact) mass is 334 g/mol. The minimum Gasteiger partial charge on any atom is -0.396 e. The Morgan fingerprint density at radius 2 is 1.95 bits per heavy atom. The smallest absolute Gasteiger partial charge is 0.264 e. The van der Waals surface area contributed by atoms with E-state index in [-0.39, 0.29) is 26.4 Å². The molecule has 1 aromatic heterocycles. The van der Waals surface area contributed by atoms with Gasteiger partial charge in [-0.2, -0.15) is 5.10 Å². The number of nitrogens with two attached hydrogens (primary N) is 1. The molecule has 0 aliphatic carbocycles. The van der Waals surface area contributed by atoms with Gasteiger partial charge in [0.2, 0.25) is 0 Å². The van der Waals surface area contributed by atoms with Crippen LogP contribution < -0.4 is 10.5 Å². The second-order valence-corrected chi connectivity index (χ2v) is 6.64. The lowest BCUT2D eigenvalue weighted by Gasteiger charge is -2.10. The van der Waals surface area contributed by atoms with Crippen LogP contribution in [0.5, 0.6) is 0 Å². The molecule has 0 unspecified atom stereocenters. The second kappa shape index (κ2) is 5.16. The van der Waals surface area contributed by atoms with Gasteiger partial charge in [0, 0.05) is 11.3 Å². The summed E-state index contributed by atoms with van der Waals surface area (Å²) >= 11 is 11.7. The maximum Gasteiger partial charge on any atom is 0.264 e. The molecule has 6 nitrogen and oxygen atoms in total. The van der Waals surface area contributed by atoms with Crippen molar-refractivity contribution in [3.05, 3.63) is 33.4 Å². The van der Waals surface area contributed by atoms with Crippen molar-refractivity contribution in [3.8, 4) is 0 Å². The normalized spacial score (nSPS) is 11.6. The first kappa shape index (κ1) is 15.0. The molecule has 1 heterocycles. The first-order valence-electron chi connectivity index (χ1n) is 5.52. The van der Waals surface area contributed by atoms with Gasteiger partial charge < -0.3 is 5.73 Å². The Morgan fingerprint density at radius 3 is 2.50 bits per heavy atom. The minimum absolute atomic E-state index is 0.0196. The fourth-order valence-corrected chi connectivity index (χ4v) is 3.36. The number of anilines is 2. The number of hydrogen-bond acceptors (Lipinski definition) is 4. The van der Waals surface area contributed by atoms with Gasteiger partial charge in [0.1, 0.15) is 4.90 Å². The van der Waals surface area contributed by atoms with Crippen molar-refractivity contribution in [1.82, 2.24) is 10.2 Å². The third kappa shape index (κ3) is 2.56. The highest BCUT2D eigenvalue weighted by Crippen LogP contribution is 2.34. The molecule has 1 aromatic carbocycles. The van der Waals surface area contributed by atoms with E-state index >= 15 is 0 Å². The van der Waals surface area contributed by atoms with E-state index in [0.29, 0.717) is 5.56 Å². The zero-order valence-corrected chi connectivity index (χ0v) is 13.0. The fourth-order valence-electron chi connectivity index (χ4n) is 1.52. The summed E-state index contributed by atoms with van der Waals surface area (Å²) in [5.74, 6) is 0.215. The van der Waals surface area contributed by atoms with E-state index in [0.717, 1.165) is 5.69 Å². The third-order valence-electron chi connectivity index (χ3n) is 2.86. The Hall–Kier alpha value is -1.44. The van der Waals surface area contributed by atoms with Crippen molar-refractivity contribution in [2.24, 2.45) is 0 Å². The van der Waals surface area contributed by atoms with Crippen LogP contribution in [0.2, 0.25) is 10.0 Å². The molecule has 2 rings (SSSR count). The first-order valence-corrected chi connectivity index (χ1v) is 7.76. The Bertz CT molecular complexity index is 771. The lowest BCUT2D eigenvalue weighted by atomic mass is 10.3. The largest absolute Gasteiger partial charge is 0.396 e. The maximum atomic E-state index is 12.3. The van der Waals surface area contributed by atoms with Crippen LogP contribution in [0.25, 0.3) is 0 Å². The molecule has 0 aliphatic heterocycles. The molecule has 0 aliphatic rings. The number of rotatable bonds is 3. The molecule has 0 saturated carbocycles. The summed E-state index contributed by atoms with van der Waals surface area (Å²) in [6.07, 6.45) is 0. The molecule has 108 valence electrons. The Kier molecular flexibility index (Phi) is 3.86. The number of aromatic amines is 1. The van der Waals surface area contributed by atoms with Gasteiger partial charge in [-0.3, -0.25) is 9.82 Å². The molecule has 0 fully saturated rings. The predicted octanol–water partition coefficient (Wildman–Crippen LogP) is 2.72. The highest BCUT2D eigenvalue weighted by atomic mass is 35.5. The average molecular weight is 335 g/mol. The lowest BCUT2D eigenvalue weighted by molar-refractivity contribution is 0.601. The van der Waals surface area contributed by atoms with Crippen molar-refractivity contribution >= 4 is 44.7 Å². The summed E-state index contributed by atoms with van der Waals surface area (Å²) in [6, 6.07) is 2.66. The van der Waals surface area contributed by atoms with Gasteiger partial charge >= 0.3 is 0 Å². The number of aryl methyl sites for hydroxylation is 1. The van der Waals surface area contributed by atoms with Gasteiger partial charge in [-0.1, -0.05) is 23.2 Å². The van der Waals surface area contributed by atoms with Crippen LogP contribution in [0, 0.1) is 13.8 Å². The van der Waals surface area contributed by atoms with Crippen LogP contribution in [0.15, 0.2) is 17.0 Å². The molecule has 0 amide bonds. The number of nitrogen functional groups attached to an aromatic ring is 1. The van der Waals surface area contributed by atoms with Crippen molar-refractivity contribution in [1.29, 1.82) is 0 Å². The van der Waals surface area contributed by atoms with Crippen LogP contribution in [-0.4, -0.2) is 18.6 Å². The number of sulfonamides is 1. The average Bonchev–Trinajstić information content (AvgIpc) is 2.67. The SMILES string of the molecule is Cc1[nH]nc(NS(=O)(=O)c2ccc(Cl)c(N)c2Cl)c1C. The van der Waals surface area contributed by atoms with Crippen LogP contribution in [0.4, 0.5) is 11.5 Å². The summed E-state index contributed by atoms with van der Waals surface area (Å²) in [4.78, 5) is -0.152. The second-order valence-electron chi connectivity index (χ2n) is 4.20. The molecule has 0 atom stereocenters. The summed E-state index contributed by atoms with van der Waals surface area (Å²) in [7, 11) is -3.90. The van der Waals surface area contributed by atoms with Crippen LogP contribution in [-0.2, 0) is 10.0 Å². The van der Waals surface area contributed by atoms with Gasteiger partial charge in [0.05, 0.1) is 15.7 Å². The first-order chi connectivity index (χ1) is 9.24. The molecular formula is C11H12Cl2N4O2S. The van der Waals surface area contributed by atoms with E-state index in [1.165, 1.54) is 12.1 Å². The Balaban J connectivity index is 2.46. The molecule has 2 aromatic rings. The Morgan fingerprint density at radius 1 is 1.30 bits per heavy atom. The topological polar surface area (TPSA) is 101 Å². The van der Waals surface area contributed by atoms with Gasteiger partial charge in [0.25, 0.3) is 10.0 Å². The number of benzene rings is 1. The van der Waals surface area contributed by atoms with E-state index < -0.39 is 10.0 Å². The van der Waals surface area contributed by atoms with E-state index in [9.17, 15) is 8.42 Å². The quantitative estimate of drug-likeness (QED) is 0.751. The summed E-state index contributed by atoms with van der Waals surface area (Å²) in [6.45, 7) is 3.53. The number of nitrogens with zero attached hydrogens (tertiary/aromatic N) is 1. The van der Waals surface area contributed by atoms with Crippen molar-refractivity contribution in [2.75, 3.05) is 10.5 Å². The number of halogens is 2. The third-order valence-corrected chi connectivity index (χ3v) is 5.09. The molecule has 20 heavy (non-hydrogen) atoms. The fraction of sp³-hybridized carbons (Fsp3) is 0.182. The van der Waals surface area contributed by atoms with E-state index in [1.54, 1.807) is 13.8 Å². The molecule has 0 bridgehead atoms. The lowest BCUT2D eigenvalue weighted by Crippen LogP contribution is -2.15. The van der Waals surface area contributed by atoms with Crippen molar-refractivity contribution in [3.63, 3.8) is 0 Å². The number of H-pyrrole nitrogens is 1. The molecule has 9 heteroatoms. The zero-order chi connectivity index (χ0) is 15.1. The predicted molar refractivity (Wildman–Crippen MR) is 79.7 cm³/mol. The van der Waals surface area contributed by atoms with Crippen LogP contribution >= 0.6 is 23.2 Å². The minimum atomic E-state index is -3.90. The molecule has 0 saturated heterocycles. The van der Waals surface area contributed by atoms with Gasteiger partial charge in [-0.15, -0.1) is 0 Å². The zero-order valence-electron chi connectivity index (χ0n) is 10.7. The van der Waals surface area contributed by atoms with Crippen molar-refractivity contribution < 1.29 is 8.42 Å². The highest BCUT2D eigenvalue weighted by molar-refractivity contribution is 7.92. The Labute approximate surface area is 126 Å². The number of nitrogens with one attached hydrogen (secondary N) is 2. The summed E-state index contributed by atoms with van der Waals surface area (Å²) in [5.41, 5.74) is 7.12. The van der Waals surface area contributed by atoms with Crippen LogP contribution in [0.3, 0.4) is 0 Å². The molecule has 0 radical (unpaired) electrons. The molecule has 0 spiro atoms. The standard InChI is InChI=1S/C11H12Cl2N4O2S/c1-5-6(2)15-16-11(5)17-20(18,19)8-4-3-7(12)10(14)9(8)13/h3-4H,14H2,1-2H3,(H2,15,16,17). The number of hydrogen-bond donors (Lipinski definition) is 3. The van der Waals surface area contributed by atoms with E-state index in [2.05, 4.69) is 14.9 Å².